The molecule has 3 rings (SSSR count). The quantitative estimate of drug-likeness (QED) is 0.877. The molecule has 0 unspecified atom stereocenters. The summed E-state index contributed by atoms with van der Waals surface area (Å²) in [6, 6.07) is 0. The molecule has 0 spiro atoms. The van der Waals surface area contributed by atoms with E-state index in [2.05, 4.69) is 27.3 Å². The van der Waals surface area contributed by atoms with Crippen LogP contribution in [0.4, 0.5) is 5.82 Å². The zero-order valence-electron chi connectivity index (χ0n) is 10.6. The Morgan fingerprint density at radius 2 is 2.28 bits per heavy atom. The van der Waals surface area contributed by atoms with Crippen LogP contribution in [0, 0.1) is 0 Å². The van der Waals surface area contributed by atoms with Crippen LogP contribution in [-0.2, 0) is 13.0 Å². The molecule has 3 heterocycles. The minimum absolute atomic E-state index is 0.865. The van der Waals surface area contributed by atoms with Crippen LogP contribution in [0.25, 0.3) is 11.4 Å². The van der Waals surface area contributed by atoms with Gasteiger partial charge in [0.2, 0.25) is 0 Å². The summed E-state index contributed by atoms with van der Waals surface area (Å²) < 4.78 is 2.03. The van der Waals surface area contributed by atoms with Crippen molar-refractivity contribution in [3.05, 3.63) is 24.2 Å². The van der Waals surface area contributed by atoms with Crippen molar-refractivity contribution < 1.29 is 0 Å². The lowest BCUT2D eigenvalue weighted by Crippen LogP contribution is -2.07. The molecule has 0 amide bonds. The number of nitrogens with zero attached hydrogens (tertiary/aromatic N) is 4. The fourth-order valence-electron chi connectivity index (χ4n) is 2.42. The molecule has 1 N–H and O–H groups in total. The van der Waals surface area contributed by atoms with Gasteiger partial charge in [0.05, 0.1) is 6.20 Å². The summed E-state index contributed by atoms with van der Waals surface area (Å²) in [5.41, 5.74) is 3.13. The molecule has 94 valence electrons. The summed E-state index contributed by atoms with van der Waals surface area (Å²) in [5.74, 6) is 1.16. The normalized spacial score (nSPS) is 14.7. The first kappa shape index (κ1) is 11.2. The molecule has 1 aliphatic heterocycles. The molecule has 18 heavy (non-hydrogen) atoms. The molecule has 0 atom stereocenters. The Hall–Kier alpha value is -1.91. The minimum Gasteiger partial charge on any atom is -0.370 e. The Bertz CT molecular complexity index is 532. The van der Waals surface area contributed by atoms with Crippen molar-refractivity contribution in [1.29, 1.82) is 0 Å². The van der Waals surface area contributed by atoms with Crippen LogP contribution in [0.1, 0.15) is 25.3 Å². The highest BCUT2D eigenvalue weighted by Gasteiger charge is 2.20. The number of aryl methyl sites for hydroxylation is 1. The zero-order chi connectivity index (χ0) is 12.4. The second-order valence-corrected chi connectivity index (χ2v) is 4.47. The molecule has 0 radical (unpaired) electrons. The second kappa shape index (κ2) is 4.76. The van der Waals surface area contributed by atoms with E-state index in [-0.39, 0.29) is 0 Å². The molecule has 0 bridgehead atoms. The highest BCUT2D eigenvalue weighted by Crippen LogP contribution is 2.30. The van der Waals surface area contributed by atoms with Crippen molar-refractivity contribution in [1.82, 2.24) is 19.7 Å². The molecule has 5 nitrogen and oxygen atoms in total. The SMILES string of the molecule is CCn1nc(-c2cnccn2)c2c1NCCCC2. The largest absolute Gasteiger partial charge is 0.370 e. The van der Waals surface area contributed by atoms with Crippen LogP contribution >= 0.6 is 0 Å². The molecule has 0 saturated heterocycles. The van der Waals surface area contributed by atoms with Crippen molar-refractivity contribution in [3.63, 3.8) is 0 Å². The van der Waals surface area contributed by atoms with E-state index in [1.54, 1.807) is 18.6 Å². The third-order valence-electron chi connectivity index (χ3n) is 3.30. The van der Waals surface area contributed by atoms with E-state index in [4.69, 9.17) is 0 Å². The summed E-state index contributed by atoms with van der Waals surface area (Å²) in [6.45, 7) is 4.01. The average molecular weight is 243 g/mol. The van der Waals surface area contributed by atoms with E-state index in [0.29, 0.717) is 0 Å². The van der Waals surface area contributed by atoms with Gasteiger partial charge in [0.25, 0.3) is 0 Å². The van der Waals surface area contributed by atoms with Crippen LogP contribution in [-0.4, -0.2) is 26.3 Å². The van der Waals surface area contributed by atoms with Crippen LogP contribution in [0.2, 0.25) is 0 Å². The monoisotopic (exact) mass is 243 g/mol. The Labute approximate surface area is 106 Å². The molecule has 0 fully saturated rings. The smallest absolute Gasteiger partial charge is 0.128 e. The summed E-state index contributed by atoms with van der Waals surface area (Å²) in [4.78, 5) is 8.51. The van der Waals surface area contributed by atoms with Gasteiger partial charge in [-0.1, -0.05) is 0 Å². The lowest BCUT2D eigenvalue weighted by atomic mass is 10.1. The van der Waals surface area contributed by atoms with Crippen LogP contribution in [0.5, 0.6) is 0 Å². The van der Waals surface area contributed by atoms with Gasteiger partial charge >= 0.3 is 0 Å². The summed E-state index contributed by atoms with van der Waals surface area (Å²) in [7, 11) is 0. The van der Waals surface area contributed by atoms with Crippen molar-refractivity contribution >= 4 is 5.82 Å². The molecule has 2 aromatic rings. The van der Waals surface area contributed by atoms with E-state index in [1.165, 1.54) is 18.4 Å². The Balaban J connectivity index is 2.12. The average Bonchev–Trinajstić information content (AvgIpc) is 2.61. The van der Waals surface area contributed by atoms with E-state index in [0.717, 1.165) is 36.7 Å². The van der Waals surface area contributed by atoms with Gasteiger partial charge in [-0.3, -0.25) is 9.97 Å². The van der Waals surface area contributed by atoms with Gasteiger partial charge in [0.1, 0.15) is 17.2 Å². The fourth-order valence-corrected chi connectivity index (χ4v) is 2.42. The fraction of sp³-hybridized carbons (Fsp3) is 0.462. The van der Waals surface area contributed by atoms with Crippen LogP contribution < -0.4 is 5.32 Å². The molecule has 1 aliphatic rings. The van der Waals surface area contributed by atoms with E-state index in [1.807, 2.05) is 4.68 Å². The lowest BCUT2D eigenvalue weighted by Gasteiger charge is -2.06. The predicted octanol–water partition coefficient (Wildman–Crippen LogP) is 2.11. The number of nitrogens with one attached hydrogen (secondary N) is 1. The molecule has 2 aromatic heterocycles. The van der Waals surface area contributed by atoms with Crippen molar-refractivity contribution in [3.8, 4) is 11.4 Å². The van der Waals surface area contributed by atoms with Gasteiger partial charge in [-0.15, -0.1) is 0 Å². The number of hydrogen-bond donors (Lipinski definition) is 1. The standard InChI is InChI=1S/C13H17N5/c1-2-18-13-10(5-3-4-6-16-13)12(17-18)11-9-14-7-8-15-11/h7-9,16H,2-6H2,1H3. The number of hydrogen-bond acceptors (Lipinski definition) is 4. The first-order valence-electron chi connectivity index (χ1n) is 6.50. The number of aromatic nitrogens is 4. The van der Waals surface area contributed by atoms with E-state index in [9.17, 15) is 0 Å². The van der Waals surface area contributed by atoms with Crippen LogP contribution in [0.15, 0.2) is 18.6 Å². The summed E-state index contributed by atoms with van der Waals surface area (Å²) in [5, 5.41) is 8.16. The molecule has 0 aliphatic carbocycles. The van der Waals surface area contributed by atoms with Crippen LogP contribution in [0.3, 0.4) is 0 Å². The van der Waals surface area contributed by atoms with Gasteiger partial charge in [-0.25, -0.2) is 4.68 Å². The maximum atomic E-state index is 4.67. The van der Waals surface area contributed by atoms with E-state index < -0.39 is 0 Å². The van der Waals surface area contributed by atoms with E-state index >= 15 is 0 Å². The van der Waals surface area contributed by atoms with Crippen molar-refractivity contribution in [2.75, 3.05) is 11.9 Å². The molecular weight excluding hydrogens is 226 g/mol. The van der Waals surface area contributed by atoms with Gasteiger partial charge in [0, 0.05) is 31.0 Å². The van der Waals surface area contributed by atoms with Gasteiger partial charge < -0.3 is 5.32 Å². The number of fused-ring (bicyclic) bond motifs is 1. The first-order valence-corrected chi connectivity index (χ1v) is 6.50. The third-order valence-corrected chi connectivity index (χ3v) is 3.30. The molecular formula is C13H17N5. The Morgan fingerprint density at radius 3 is 3.06 bits per heavy atom. The second-order valence-electron chi connectivity index (χ2n) is 4.47. The molecule has 5 heteroatoms. The maximum absolute atomic E-state index is 4.67. The minimum atomic E-state index is 0.865. The maximum Gasteiger partial charge on any atom is 0.128 e. The third kappa shape index (κ3) is 1.85. The van der Waals surface area contributed by atoms with Crippen molar-refractivity contribution in [2.45, 2.75) is 32.7 Å². The molecule has 0 aromatic carbocycles. The zero-order valence-corrected chi connectivity index (χ0v) is 10.6. The van der Waals surface area contributed by atoms with Crippen molar-refractivity contribution in [2.24, 2.45) is 0 Å². The number of anilines is 1. The van der Waals surface area contributed by atoms with Gasteiger partial charge in [0.15, 0.2) is 0 Å². The lowest BCUT2D eigenvalue weighted by molar-refractivity contribution is 0.665. The number of rotatable bonds is 2. The predicted molar refractivity (Wildman–Crippen MR) is 70.4 cm³/mol. The first-order chi connectivity index (χ1) is 8.90. The Morgan fingerprint density at radius 1 is 1.33 bits per heavy atom. The highest BCUT2D eigenvalue weighted by molar-refractivity contribution is 5.66. The Kier molecular flexibility index (Phi) is 2.96. The molecule has 0 saturated carbocycles. The summed E-state index contributed by atoms with van der Waals surface area (Å²) in [6.07, 6.45) is 8.66. The van der Waals surface area contributed by atoms with Gasteiger partial charge in [-0.05, 0) is 26.2 Å². The summed E-state index contributed by atoms with van der Waals surface area (Å²) >= 11 is 0. The van der Waals surface area contributed by atoms with Gasteiger partial charge in [-0.2, -0.15) is 5.10 Å². The topological polar surface area (TPSA) is 55.6 Å². The highest BCUT2D eigenvalue weighted by atomic mass is 15.3.